The molecule has 1 atom stereocenters. The van der Waals surface area contributed by atoms with E-state index >= 15 is 0 Å². The van der Waals surface area contributed by atoms with E-state index in [1.807, 2.05) is 13.8 Å². The summed E-state index contributed by atoms with van der Waals surface area (Å²) < 4.78 is 56.3. The lowest BCUT2D eigenvalue weighted by atomic mass is 9.91. The second-order valence-electron chi connectivity index (χ2n) is 9.55. The molecule has 1 amide bonds. The van der Waals surface area contributed by atoms with Crippen LogP contribution >= 0.6 is 15.9 Å². The van der Waals surface area contributed by atoms with Crippen LogP contribution in [0.2, 0.25) is 0 Å². The second kappa shape index (κ2) is 10.1. The summed E-state index contributed by atoms with van der Waals surface area (Å²) in [5.41, 5.74) is 0.123. The number of nitrogens with zero attached hydrogens (tertiary/aromatic N) is 2. The van der Waals surface area contributed by atoms with Crippen LogP contribution in [0.3, 0.4) is 0 Å². The van der Waals surface area contributed by atoms with Gasteiger partial charge in [-0.2, -0.15) is 0 Å². The van der Waals surface area contributed by atoms with Gasteiger partial charge in [-0.1, -0.05) is 69.9 Å². The van der Waals surface area contributed by atoms with E-state index in [-0.39, 0.29) is 27.7 Å². The maximum atomic E-state index is 13.7. The van der Waals surface area contributed by atoms with Gasteiger partial charge in [0.15, 0.2) is 0 Å². The minimum Gasteiger partial charge on any atom is -0.334 e. The van der Waals surface area contributed by atoms with E-state index in [2.05, 4.69) is 15.9 Å². The Labute approximate surface area is 221 Å². The zero-order valence-corrected chi connectivity index (χ0v) is 23.1. The molecule has 0 saturated carbocycles. The van der Waals surface area contributed by atoms with Crippen LogP contribution in [0.5, 0.6) is 0 Å². The number of hydrogen-bond donors (Lipinski definition) is 0. The third-order valence-corrected chi connectivity index (χ3v) is 11.0. The summed E-state index contributed by atoms with van der Waals surface area (Å²) in [5, 5.41) is 0. The zero-order chi connectivity index (χ0) is 26.1. The summed E-state index contributed by atoms with van der Waals surface area (Å²) in [6.07, 6.45) is 0.445. The average molecular weight is 592 g/mol. The molecule has 1 unspecified atom stereocenters. The molecule has 0 aliphatic carbocycles. The molecule has 1 aliphatic heterocycles. The lowest BCUT2D eigenvalue weighted by Crippen LogP contribution is -2.47. The molecule has 0 aromatic heterocycles. The van der Waals surface area contributed by atoms with Gasteiger partial charge < -0.3 is 4.90 Å². The van der Waals surface area contributed by atoms with Crippen molar-refractivity contribution in [1.29, 1.82) is 0 Å². The van der Waals surface area contributed by atoms with Gasteiger partial charge in [0, 0.05) is 22.6 Å². The molecule has 1 heterocycles. The Balaban J connectivity index is 1.77. The molecule has 190 valence electrons. The molecule has 0 N–H and O–H groups in total. The van der Waals surface area contributed by atoms with Crippen LogP contribution in [-0.4, -0.2) is 50.5 Å². The van der Waals surface area contributed by atoms with E-state index in [4.69, 9.17) is 0 Å². The third-order valence-electron chi connectivity index (χ3n) is 6.16. The van der Waals surface area contributed by atoms with Crippen LogP contribution in [0.15, 0.2) is 99.2 Å². The quantitative estimate of drug-likeness (QED) is 0.395. The first-order valence-corrected chi connectivity index (χ1v) is 15.0. The molecular weight excluding hydrogens is 564 g/mol. The number of halogens is 1. The highest BCUT2D eigenvalue weighted by molar-refractivity contribution is 9.10. The van der Waals surface area contributed by atoms with Crippen LogP contribution in [0, 0.1) is 5.41 Å². The largest absolute Gasteiger partial charge is 0.334 e. The number of carbonyl (C=O) groups excluding carboxylic acids is 1. The van der Waals surface area contributed by atoms with Crippen molar-refractivity contribution < 1.29 is 21.6 Å². The monoisotopic (exact) mass is 590 g/mol. The molecule has 0 spiro atoms. The van der Waals surface area contributed by atoms with Crippen molar-refractivity contribution in [3.05, 3.63) is 95.0 Å². The third kappa shape index (κ3) is 5.41. The highest BCUT2D eigenvalue weighted by Crippen LogP contribution is 2.37. The number of sulfonamides is 2. The van der Waals surface area contributed by atoms with Crippen LogP contribution in [0.1, 0.15) is 30.6 Å². The molecule has 1 saturated heterocycles. The van der Waals surface area contributed by atoms with Gasteiger partial charge in [-0.05, 0) is 60.4 Å². The topological polar surface area (TPSA) is 91.8 Å². The molecule has 1 fully saturated rings. The molecule has 3 aromatic carbocycles. The number of likely N-dealkylation sites (tertiary alicyclic amines) is 1. The molecular formula is C26H27BrN2O5S2. The van der Waals surface area contributed by atoms with Gasteiger partial charge in [0.2, 0.25) is 0 Å². The summed E-state index contributed by atoms with van der Waals surface area (Å²) in [5.74, 6) is -0.271. The van der Waals surface area contributed by atoms with Gasteiger partial charge in [-0.3, -0.25) is 4.79 Å². The van der Waals surface area contributed by atoms with Crippen molar-refractivity contribution in [2.24, 2.45) is 5.41 Å². The van der Waals surface area contributed by atoms with Gasteiger partial charge in [0.1, 0.15) is 0 Å². The van der Waals surface area contributed by atoms with Crippen molar-refractivity contribution in [2.45, 2.75) is 36.1 Å². The van der Waals surface area contributed by atoms with E-state index in [0.717, 1.165) is 4.47 Å². The first-order valence-electron chi connectivity index (χ1n) is 11.4. The van der Waals surface area contributed by atoms with Gasteiger partial charge in [0.25, 0.3) is 26.0 Å². The number of amides is 1. The van der Waals surface area contributed by atoms with Crippen molar-refractivity contribution in [1.82, 2.24) is 8.61 Å². The first-order chi connectivity index (χ1) is 16.9. The molecule has 36 heavy (non-hydrogen) atoms. The molecule has 10 heteroatoms. The number of carbonyl (C=O) groups is 1. The van der Waals surface area contributed by atoms with Crippen molar-refractivity contribution >= 4 is 41.9 Å². The summed E-state index contributed by atoms with van der Waals surface area (Å²) in [4.78, 5) is 14.8. The zero-order valence-electron chi connectivity index (χ0n) is 19.9. The van der Waals surface area contributed by atoms with Crippen molar-refractivity contribution in [3.63, 3.8) is 0 Å². The Morgan fingerprint density at radius 2 is 1.33 bits per heavy atom. The smallest absolute Gasteiger partial charge is 0.256 e. The molecule has 1 aliphatic rings. The highest BCUT2D eigenvalue weighted by Gasteiger charge is 2.45. The minimum absolute atomic E-state index is 0.132. The Morgan fingerprint density at radius 3 is 1.81 bits per heavy atom. The number of hydrogen-bond acceptors (Lipinski definition) is 5. The minimum atomic E-state index is -4.45. The Bertz CT molecular complexity index is 1370. The van der Waals surface area contributed by atoms with E-state index in [0.29, 0.717) is 22.2 Å². The van der Waals surface area contributed by atoms with E-state index < -0.39 is 26.1 Å². The molecule has 0 radical (unpaired) electrons. The normalized spacial score (nSPS) is 17.9. The Morgan fingerprint density at radius 1 is 0.861 bits per heavy atom. The maximum absolute atomic E-state index is 13.7. The van der Waals surface area contributed by atoms with Gasteiger partial charge in [-0.15, -0.1) is 0 Å². The van der Waals surface area contributed by atoms with Gasteiger partial charge in [-0.25, -0.2) is 16.8 Å². The van der Waals surface area contributed by atoms with Gasteiger partial charge in [0.05, 0.1) is 16.3 Å². The fraction of sp³-hybridized carbons (Fsp3) is 0.269. The summed E-state index contributed by atoms with van der Waals surface area (Å²) >= 11 is 3.36. The van der Waals surface area contributed by atoms with Crippen LogP contribution < -0.4 is 0 Å². The first kappa shape index (κ1) is 26.5. The fourth-order valence-corrected chi connectivity index (χ4v) is 8.50. The molecule has 7 nitrogen and oxygen atoms in total. The molecule has 3 aromatic rings. The van der Waals surface area contributed by atoms with Crippen LogP contribution in [0.25, 0.3) is 0 Å². The van der Waals surface area contributed by atoms with Crippen LogP contribution in [-0.2, 0) is 20.0 Å². The van der Waals surface area contributed by atoms with Gasteiger partial charge >= 0.3 is 0 Å². The van der Waals surface area contributed by atoms with Crippen LogP contribution in [0.4, 0.5) is 0 Å². The predicted molar refractivity (Wildman–Crippen MR) is 141 cm³/mol. The second-order valence-corrected chi connectivity index (χ2v) is 14.4. The lowest BCUT2D eigenvalue weighted by molar-refractivity contribution is 0.0720. The van der Waals surface area contributed by atoms with Crippen molar-refractivity contribution in [2.75, 3.05) is 13.1 Å². The lowest BCUT2D eigenvalue weighted by Gasteiger charge is -2.30. The number of rotatable bonds is 7. The Hall–Kier alpha value is -2.53. The van der Waals surface area contributed by atoms with E-state index in [1.54, 1.807) is 65.6 Å². The fourth-order valence-electron chi connectivity index (χ4n) is 4.48. The average Bonchev–Trinajstić information content (AvgIpc) is 3.17. The predicted octanol–water partition coefficient (Wildman–Crippen LogP) is 4.77. The standard InChI is InChI=1S/C26H27BrN2O5S2/c1-26(2)17-22(28(19-26)25(30)20-13-15-21(27)16-14-20)18-29(35(31,32)23-9-5-3-6-10-23)36(33,34)24-11-7-4-8-12-24/h3-16,22H,17-19H2,1-2H3. The molecule has 0 bridgehead atoms. The summed E-state index contributed by atoms with van der Waals surface area (Å²) in [6, 6.07) is 21.2. The maximum Gasteiger partial charge on any atom is 0.256 e. The van der Waals surface area contributed by atoms with Crippen molar-refractivity contribution in [3.8, 4) is 0 Å². The summed E-state index contributed by atoms with van der Waals surface area (Å²) in [7, 11) is -8.90. The van der Waals surface area contributed by atoms with E-state index in [9.17, 15) is 21.6 Å². The SMILES string of the molecule is CC1(C)CC(CN(S(=O)(=O)c2ccccc2)S(=O)(=O)c2ccccc2)N(C(=O)c2ccc(Br)cc2)C1. The number of benzene rings is 3. The Kier molecular flexibility index (Phi) is 7.43. The summed E-state index contributed by atoms with van der Waals surface area (Å²) in [6.45, 7) is 3.95. The molecule has 4 rings (SSSR count). The highest BCUT2D eigenvalue weighted by atomic mass is 79.9. The van der Waals surface area contributed by atoms with E-state index in [1.165, 1.54) is 24.3 Å².